The molecule has 0 saturated carbocycles. The molecule has 0 aliphatic rings. The highest BCUT2D eigenvalue weighted by atomic mass is 35.5. The number of benzene rings is 1. The van der Waals surface area contributed by atoms with E-state index in [0.717, 1.165) is 10.7 Å². The minimum absolute atomic E-state index is 0.310. The second kappa shape index (κ2) is 6.41. The van der Waals surface area contributed by atoms with Crippen LogP contribution in [0, 0.1) is 0 Å². The average molecular weight is 298 g/mol. The summed E-state index contributed by atoms with van der Waals surface area (Å²) in [6.45, 7) is 4.14. The van der Waals surface area contributed by atoms with E-state index in [1.807, 2.05) is 16.7 Å². The predicted molar refractivity (Wildman–Crippen MR) is 77.5 cm³/mol. The van der Waals surface area contributed by atoms with Crippen LogP contribution in [0.25, 0.3) is 0 Å². The molecule has 1 aromatic carbocycles. The number of aliphatic hydroxyl groups excluding tert-OH is 1. The number of aliphatic hydroxyl groups is 1. The maximum Gasteiger partial charge on any atom is 0.191 e. The number of hydrogen-bond donors (Lipinski definition) is 1. The second-order valence-electron chi connectivity index (χ2n) is 4.49. The summed E-state index contributed by atoms with van der Waals surface area (Å²) < 4.78 is 1.99. The summed E-state index contributed by atoms with van der Waals surface area (Å²) in [4.78, 5) is 0. The van der Waals surface area contributed by atoms with Crippen LogP contribution in [0.4, 0.5) is 0 Å². The lowest BCUT2D eigenvalue weighted by Gasteiger charge is -2.12. The van der Waals surface area contributed by atoms with E-state index in [1.54, 1.807) is 18.5 Å². The number of nitrogens with zero attached hydrogens (tertiary/aromatic N) is 3. The van der Waals surface area contributed by atoms with Crippen molar-refractivity contribution in [3.63, 3.8) is 0 Å². The molecule has 1 unspecified atom stereocenters. The van der Waals surface area contributed by atoms with Gasteiger partial charge in [-0.05, 0) is 31.5 Å². The van der Waals surface area contributed by atoms with Crippen LogP contribution in [0.15, 0.2) is 35.7 Å². The van der Waals surface area contributed by atoms with Crippen LogP contribution in [0.1, 0.15) is 31.6 Å². The van der Waals surface area contributed by atoms with Crippen molar-refractivity contribution in [2.24, 2.45) is 0 Å². The summed E-state index contributed by atoms with van der Waals surface area (Å²) >= 11 is 7.32. The van der Waals surface area contributed by atoms with E-state index < -0.39 is 6.10 Å². The van der Waals surface area contributed by atoms with Gasteiger partial charge in [0.25, 0.3) is 0 Å². The number of rotatable bonds is 5. The van der Waals surface area contributed by atoms with Crippen LogP contribution >= 0.6 is 23.4 Å². The van der Waals surface area contributed by atoms with E-state index in [-0.39, 0.29) is 0 Å². The first-order chi connectivity index (χ1) is 9.08. The van der Waals surface area contributed by atoms with Crippen LogP contribution in [0.5, 0.6) is 0 Å². The fraction of sp³-hybridized carbons (Fsp3) is 0.385. The van der Waals surface area contributed by atoms with Gasteiger partial charge < -0.3 is 9.67 Å². The molecule has 1 aromatic heterocycles. The molecule has 1 N–H and O–H groups in total. The Labute approximate surface area is 121 Å². The fourth-order valence-electron chi connectivity index (χ4n) is 1.62. The largest absolute Gasteiger partial charge is 0.388 e. The molecule has 1 atom stereocenters. The molecule has 0 fully saturated rings. The Hall–Kier alpha value is -1.04. The zero-order chi connectivity index (χ0) is 13.8. The molecule has 102 valence electrons. The van der Waals surface area contributed by atoms with E-state index >= 15 is 0 Å². The maximum absolute atomic E-state index is 10.1. The second-order valence-corrected chi connectivity index (χ2v) is 5.92. The first-order valence-electron chi connectivity index (χ1n) is 6.03. The number of halogens is 1. The van der Waals surface area contributed by atoms with Crippen LogP contribution < -0.4 is 0 Å². The molecule has 0 bridgehead atoms. The van der Waals surface area contributed by atoms with Crippen LogP contribution in [-0.4, -0.2) is 25.6 Å². The molecule has 2 aromatic rings. The van der Waals surface area contributed by atoms with Gasteiger partial charge in [-0.1, -0.05) is 35.5 Å². The minimum Gasteiger partial charge on any atom is -0.388 e. The van der Waals surface area contributed by atoms with Crippen LogP contribution in [-0.2, 0) is 0 Å². The maximum atomic E-state index is 10.1. The van der Waals surface area contributed by atoms with Gasteiger partial charge >= 0.3 is 0 Å². The van der Waals surface area contributed by atoms with Gasteiger partial charge in [0.15, 0.2) is 5.16 Å². The Balaban J connectivity index is 1.98. The summed E-state index contributed by atoms with van der Waals surface area (Å²) in [5.74, 6) is 0.535. The third-order valence-corrected chi connectivity index (χ3v) is 4.01. The van der Waals surface area contributed by atoms with Crippen molar-refractivity contribution in [2.75, 3.05) is 5.75 Å². The molecule has 19 heavy (non-hydrogen) atoms. The molecule has 0 aliphatic heterocycles. The third-order valence-electron chi connectivity index (χ3n) is 2.72. The minimum atomic E-state index is -0.542. The van der Waals surface area contributed by atoms with Crippen molar-refractivity contribution in [1.29, 1.82) is 0 Å². The number of thioether (sulfide) groups is 1. The summed E-state index contributed by atoms with van der Waals surface area (Å²) in [6.07, 6.45) is 1.17. The van der Waals surface area contributed by atoms with E-state index in [1.165, 1.54) is 11.8 Å². The number of aromatic nitrogens is 3. The molecule has 0 radical (unpaired) electrons. The molecule has 0 spiro atoms. The highest BCUT2D eigenvalue weighted by molar-refractivity contribution is 7.99. The van der Waals surface area contributed by atoms with Gasteiger partial charge in [0.05, 0.1) is 6.10 Å². The highest BCUT2D eigenvalue weighted by Crippen LogP contribution is 2.25. The summed E-state index contributed by atoms with van der Waals surface area (Å²) in [5, 5.41) is 19.6. The van der Waals surface area contributed by atoms with Crippen molar-refractivity contribution >= 4 is 23.4 Å². The molecule has 1 heterocycles. The lowest BCUT2D eigenvalue weighted by molar-refractivity contribution is 0.204. The molecular formula is C13H16ClN3OS. The topological polar surface area (TPSA) is 50.9 Å². The SMILES string of the molecule is CC(C)n1cnnc1SCC(O)c1ccc(Cl)cc1. The van der Waals surface area contributed by atoms with Gasteiger partial charge in [0.1, 0.15) is 6.33 Å². The smallest absolute Gasteiger partial charge is 0.191 e. The highest BCUT2D eigenvalue weighted by Gasteiger charge is 2.12. The van der Waals surface area contributed by atoms with Crippen molar-refractivity contribution < 1.29 is 5.11 Å². The lowest BCUT2D eigenvalue weighted by atomic mass is 10.1. The normalized spacial score (nSPS) is 12.9. The molecule has 2 rings (SSSR count). The van der Waals surface area contributed by atoms with Gasteiger partial charge in [-0.3, -0.25) is 0 Å². The molecule has 0 amide bonds. The molecular weight excluding hydrogens is 282 g/mol. The van der Waals surface area contributed by atoms with E-state index in [0.29, 0.717) is 16.8 Å². The Morgan fingerprint density at radius 1 is 1.32 bits per heavy atom. The zero-order valence-corrected chi connectivity index (χ0v) is 12.4. The van der Waals surface area contributed by atoms with E-state index in [4.69, 9.17) is 11.6 Å². The van der Waals surface area contributed by atoms with Crippen molar-refractivity contribution in [1.82, 2.24) is 14.8 Å². The first kappa shape index (κ1) is 14.4. The van der Waals surface area contributed by atoms with Crippen LogP contribution in [0.3, 0.4) is 0 Å². The monoisotopic (exact) mass is 297 g/mol. The molecule has 6 heteroatoms. The Morgan fingerprint density at radius 2 is 2.00 bits per heavy atom. The first-order valence-corrected chi connectivity index (χ1v) is 7.40. The van der Waals surface area contributed by atoms with Crippen molar-refractivity contribution in [3.05, 3.63) is 41.2 Å². The van der Waals surface area contributed by atoms with Gasteiger partial charge in [-0.2, -0.15) is 0 Å². The Kier molecular flexibility index (Phi) is 4.85. The van der Waals surface area contributed by atoms with Crippen molar-refractivity contribution in [3.8, 4) is 0 Å². The van der Waals surface area contributed by atoms with E-state index in [9.17, 15) is 5.11 Å². The van der Waals surface area contributed by atoms with E-state index in [2.05, 4.69) is 24.0 Å². The summed E-state index contributed by atoms with van der Waals surface area (Å²) in [7, 11) is 0. The van der Waals surface area contributed by atoms with Gasteiger partial charge in [0.2, 0.25) is 0 Å². The Bertz CT molecular complexity index is 527. The van der Waals surface area contributed by atoms with Gasteiger partial charge in [0, 0.05) is 16.8 Å². The molecule has 4 nitrogen and oxygen atoms in total. The van der Waals surface area contributed by atoms with Gasteiger partial charge in [-0.15, -0.1) is 10.2 Å². The average Bonchev–Trinajstić information content (AvgIpc) is 2.85. The standard InChI is InChI=1S/C13H16ClN3OS/c1-9(2)17-8-15-16-13(17)19-7-12(18)10-3-5-11(14)6-4-10/h3-6,8-9,12,18H,7H2,1-2H3. The molecule has 0 aliphatic carbocycles. The van der Waals surface area contributed by atoms with Crippen molar-refractivity contribution in [2.45, 2.75) is 31.1 Å². The van der Waals surface area contributed by atoms with Gasteiger partial charge in [-0.25, -0.2) is 0 Å². The summed E-state index contributed by atoms with van der Waals surface area (Å²) in [6, 6.07) is 7.54. The fourth-order valence-corrected chi connectivity index (χ4v) is 2.76. The number of hydrogen-bond acceptors (Lipinski definition) is 4. The summed E-state index contributed by atoms with van der Waals surface area (Å²) in [5.41, 5.74) is 0.854. The predicted octanol–water partition coefficient (Wildman–Crippen LogP) is 3.34. The zero-order valence-electron chi connectivity index (χ0n) is 10.8. The lowest BCUT2D eigenvalue weighted by Crippen LogP contribution is -2.04. The third kappa shape index (κ3) is 3.72. The molecule has 0 saturated heterocycles. The Morgan fingerprint density at radius 3 is 2.63 bits per heavy atom. The van der Waals surface area contributed by atoms with Crippen LogP contribution in [0.2, 0.25) is 5.02 Å². The quantitative estimate of drug-likeness (QED) is 0.860.